The van der Waals surface area contributed by atoms with Gasteiger partial charge < -0.3 is 9.26 Å². The molecule has 0 spiro atoms. The second-order valence-electron chi connectivity index (χ2n) is 5.19. The summed E-state index contributed by atoms with van der Waals surface area (Å²) >= 11 is 0. The molecule has 0 saturated heterocycles. The largest absolute Gasteiger partial charge is 0.460 e. The Morgan fingerprint density at radius 2 is 1.65 bits per heavy atom. The van der Waals surface area contributed by atoms with Crippen molar-refractivity contribution in [2.45, 2.75) is 19.6 Å². The molecule has 2 aromatic carbocycles. The van der Waals surface area contributed by atoms with Crippen molar-refractivity contribution in [3.63, 3.8) is 0 Å². The first-order valence-corrected chi connectivity index (χ1v) is 9.34. The normalized spacial score (nSPS) is 14.5. The Labute approximate surface area is 136 Å². The summed E-state index contributed by atoms with van der Waals surface area (Å²) in [6, 6.07) is 17.5. The van der Waals surface area contributed by atoms with Crippen molar-refractivity contribution in [3.05, 3.63) is 66.2 Å². The molecule has 6 heteroatoms. The van der Waals surface area contributed by atoms with Crippen LogP contribution in [-0.4, -0.2) is 18.7 Å². The molecule has 0 heterocycles. The number of para-hydroxylation sites is 1. The zero-order valence-electron chi connectivity index (χ0n) is 13.1. The molecule has 2 atom stereocenters. The Bertz CT molecular complexity index is 676. The van der Waals surface area contributed by atoms with Crippen LogP contribution in [0.2, 0.25) is 0 Å². The van der Waals surface area contributed by atoms with Crippen molar-refractivity contribution in [3.8, 4) is 5.75 Å². The fraction of sp³-hybridized carbons (Fsp3) is 0.235. The lowest BCUT2D eigenvalue weighted by Crippen LogP contribution is -2.34. The number of carbonyl (C=O) groups excluding carboxylic acids is 1. The van der Waals surface area contributed by atoms with E-state index in [1.807, 2.05) is 36.4 Å². The van der Waals surface area contributed by atoms with Crippen LogP contribution < -0.4 is 9.61 Å². The zero-order valence-corrected chi connectivity index (χ0v) is 14.0. The second kappa shape index (κ2) is 7.95. The fourth-order valence-electron chi connectivity index (χ4n) is 1.97. The highest BCUT2D eigenvalue weighted by molar-refractivity contribution is 7.56. The van der Waals surface area contributed by atoms with Gasteiger partial charge in [-0.2, -0.15) is 0 Å². The lowest BCUT2D eigenvalue weighted by molar-refractivity contribution is -0.146. The van der Waals surface area contributed by atoms with Crippen LogP contribution in [0.4, 0.5) is 0 Å². The molecule has 2 rings (SSSR count). The van der Waals surface area contributed by atoms with Gasteiger partial charge in [0.05, 0.1) is 0 Å². The monoisotopic (exact) mass is 333 g/mol. The van der Waals surface area contributed by atoms with Crippen molar-refractivity contribution >= 4 is 13.5 Å². The molecular weight excluding hydrogens is 313 g/mol. The summed E-state index contributed by atoms with van der Waals surface area (Å²) in [5.41, 5.74) is 0.897. The second-order valence-corrected chi connectivity index (χ2v) is 7.33. The molecule has 0 saturated carbocycles. The summed E-state index contributed by atoms with van der Waals surface area (Å²) in [4.78, 5) is 12.0. The van der Waals surface area contributed by atoms with Crippen LogP contribution >= 0.6 is 7.52 Å². The van der Waals surface area contributed by atoms with E-state index < -0.39 is 19.5 Å². The SMILES string of the molecule is C[C@H](N[P@@](C)(=O)Oc1ccccc1)C(=O)OCc1ccccc1. The Morgan fingerprint density at radius 1 is 1.09 bits per heavy atom. The Morgan fingerprint density at radius 3 is 2.26 bits per heavy atom. The molecule has 0 radical (unpaired) electrons. The van der Waals surface area contributed by atoms with Crippen molar-refractivity contribution in [2.75, 3.05) is 6.66 Å². The Kier molecular flexibility index (Phi) is 5.97. The average Bonchev–Trinajstić information content (AvgIpc) is 2.53. The molecule has 0 unspecified atom stereocenters. The van der Waals surface area contributed by atoms with Crippen molar-refractivity contribution in [2.24, 2.45) is 0 Å². The number of hydrogen-bond donors (Lipinski definition) is 1. The van der Waals surface area contributed by atoms with Crippen LogP contribution in [0.5, 0.6) is 5.75 Å². The maximum atomic E-state index is 12.4. The summed E-state index contributed by atoms with van der Waals surface area (Å²) in [5.74, 6) is 0.00303. The number of esters is 1. The van der Waals surface area contributed by atoms with Gasteiger partial charge in [0.2, 0.25) is 0 Å². The van der Waals surface area contributed by atoms with E-state index in [1.165, 1.54) is 6.66 Å². The van der Waals surface area contributed by atoms with E-state index in [2.05, 4.69) is 5.09 Å². The van der Waals surface area contributed by atoms with Crippen molar-refractivity contribution < 1.29 is 18.6 Å². The summed E-state index contributed by atoms with van der Waals surface area (Å²) in [6.07, 6.45) is 0. The lowest BCUT2D eigenvalue weighted by atomic mass is 10.2. The lowest BCUT2D eigenvalue weighted by Gasteiger charge is -2.20. The molecule has 23 heavy (non-hydrogen) atoms. The van der Waals surface area contributed by atoms with Crippen LogP contribution in [0.15, 0.2) is 60.7 Å². The number of hydrogen-bond acceptors (Lipinski definition) is 4. The number of benzene rings is 2. The first kappa shape index (κ1) is 17.3. The average molecular weight is 333 g/mol. The number of ether oxygens (including phenoxy) is 1. The standard InChI is InChI=1S/C17H20NO4P/c1-14(17(19)21-13-15-9-5-3-6-10-15)18-23(2,20)22-16-11-7-4-8-12-16/h3-12,14H,13H2,1-2H3,(H,18,20)/t14-,23-/m0/s1. The van der Waals surface area contributed by atoms with E-state index in [4.69, 9.17) is 9.26 Å². The van der Waals surface area contributed by atoms with Crippen LogP contribution in [0, 0.1) is 0 Å². The van der Waals surface area contributed by atoms with Crippen LogP contribution in [0.1, 0.15) is 12.5 Å². The van der Waals surface area contributed by atoms with Gasteiger partial charge in [0.15, 0.2) is 0 Å². The number of carbonyl (C=O) groups is 1. The zero-order chi connectivity index (χ0) is 16.7. The third-order valence-corrected chi connectivity index (χ3v) is 4.44. The fourth-order valence-corrected chi connectivity index (χ4v) is 3.35. The third kappa shape index (κ3) is 5.89. The summed E-state index contributed by atoms with van der Waals surface area (Å²) < 4.78 is 23.1. The molecule has 0 aromatic heterocycles. The highest BCUT2D eigenvalue weighted by Crippen LogP contribution is 2.39. The van der Waals surface area contributed by atoms with Crippen LogP contribution in [0.25, 0.3) is 0 Å². The van der Waals surface area contributed by atoms with Crippen LogP contribution in [0.3, 0.4) is 0 Å². The van der Waals surface area contributed by atoms with E-state index in [0.29, 0.717) is 5.75 Å². The first-order chi connectivity index (χ1) is 11.0. The minimum Gasteiger partial charge on any atom is -0.460 e. The van der Waals surface area contributed by atoms with E-state index in [1.54, 1.807) is 31.2 Å². The highest BCUT2D eigenvalue weighted by Gasteiger charge is 2.25. The van der Waals surface area contributed by atoms with E-state index in [-0.39, 0.29) is 6.61 Å². The van der Waals surface area contributed by atoms with Gasteiger partial charge in [-0.3, -0.25) is 9.36 Å². The topological polar surface area (TPSA) is 64.6 Å². The molecule has 0 bridgehead atoms. The summed E-state index contributed by atoms with van der Waals surface area (Å²) in [6.45, 7) is 3.21. The minimum atomic E-state index is -3.17. The quantitative estimate of drug-likeness (QED) is 0.619. The van der Waals surface area contributed by atoms with Gasteiger partial charge in [-0.15, -0.1) is 0 Å². The van der Waals surface area contributed by atoms with Gasteiger partial charge in [0.25, 0.3) is 0 Å². The molecule has 5 nitrogen and oxygen atoms in total. The molecule has 0 aliphatic carbocycles. The first-order valence-electron chi connectivity index (χ1n) is 7.27. The van der Waals surface area contributed by atoms with Gasteiger partial charge in [-0.1, -0.05) is 48.5 Å². The molecule has 0 aliphatic rings. The molecule has 0 aliphatic heterocycles. The predicted molar refractivity (Wildman–Crippen MR) is 89.4 cm³/mol. The Hall–Kier alpha value is -2.10. The maximum Gasteiger partial charge on any atom is 0.323 e. The van der Waals surface area contributed by atoms with Gasteiger partial charge in [-0.05, 0) is 24.6 Å². The summed E-state index contributed by atoms with van der Waals surface area (Å²) in [7, 11) is -3.17. The van der Waals surface area contributed by atoms with Gasteiger partial charge >= 0.3 is 13.5 Å². The number of rotatable bonds is 7. The van der Waals surface area contributed by atoms with Gasteiger partial charge in [-0.25, -0.2) is 5.09 Å². The molecule has 122 valence electrons. The molecule has 0 amide bonds. The smallest absolute Gasteiger partial charge is 0.323 e. The van der Waals surface area contributed by atoms with Gasteiger partial charge in [0.1, 0.15) is 18.4 Å². The number of nitrogens with one attached hydrogen (secondary N) is 1. The molecule has 1 N–H and O–H groups in total. The van der Waals surface area contributed by atoms with E-state index in [9.17, 15) is 9.36 Å². The van der Waals surface area contributed by atoms with E-state index in [0.717, 1.165) is 5.56 Å². The van der Waals surface area contributed by atoms with E-state index >= 15 is 0 Å². The van der Waals surface area contributed by atoms with Crippen molar-refractivity contribution in [1.29, 1.82) is 0 Å². The van der Waals surface area contributed by atoms with Gasteiger partial charge in [0, 0.05) is 6.66 Å². The Balaban J connectivity index is 1.86. The third-order valence-electron chi connectivity index (χ3n) is 3.03. The highest BCUT2D eigenvalue weighted by atomic mass is 31.2. The summed E-state index contributed by atoms with van der Waals surface area (Å²) in [5, 5.41) is 2.70. The van der Waals surface area contributed by atoms with Crippen molar-refractivity contribution in [1.82, 2.24) is 5.09 Å². The molecule has 0 fully saturated rings. The molecule has 2 aromatic rings. The van der Waals surface area contributed by atoms with Crippen LogP contribution in [-0.2, 0) is 20.7 Å². The molecular formula is C17H20NO4P. The predicted octanol–water partition coefficient (Wildman–Crippen LogP) is 3.61. The minimum absolute atomic E-state index is 0.180. The maximum absolute atomic E-state index is 12.4.